The third-order valence-corrected chi connectivity index (χ3v) is 6.36. The number of fused-ring (bicyclic) bond motifs is 1. The Morgan fingerprint density at radius 1 is 1.21 bits per heavy atom. The van der Waals surface area contributed by atoms with Gasteiger partial charge in [-0.15, -0.1) is 0 Å². The van der Waals surface area contributed by atoms with E-state index in [1.54, 1.807) is 35.4 Å². The molecule has 2 N–H and O–H groups in total. The number of carbonyl (C=O) groups is 1. The topological polar surface area (TPSA) is 85.0 Å². The molecular formula is C25H26FN5O2. The standard InChI is InChI=1S/C25H26FN5O2/c1-30-13-18(12-28-30)16-8-9-17(20(26)11-16)14-31-15-19(24-22(31)6-4-10-27-24)25(33)29-21-5-2-3-7-23(21)32/h4,6,8-13,15,21,23,32H,2-3,5,7,14H2,1H3,(H,29,33)/t21-,23+/m0/s1. The number of nitrogens with one attached hydrogen (secondary N) is 1. The first kappa shape index (κ1) is 21.3. The number of hydrogen-bond donors (Lipinski definition) is 2. The zero-order chi connectivity index (χ0) is 22.9. The van der Waals surface area contributed by atoms with Gasteiger partial charge in [-0.3, -0.25) is 14.5 Å². The molecule has 4 aromatic rings. The first-order chi connectivity index (χ1) is 16.0. The average Bonchev–Trinajstić information content (AvgIpc) is 3.41. The van der Waals surface area contributed by atoms with Crippen LogP contribution in [0.3, 0.4) is 0 Å². The molecular weight excluding hydrogens is 421 g/mol. The maximum absolute atomic E-state index is 15.0. The number of aliphatic hydroxyl groups is 1. The average molecular weight is 448 g/mol. The van der Waals surface area contributed by atoms with Gasteiger partial charge in [0, 0.05) is 36.8 Å². The van der Waals surface area contributed by atoms with Crippen LogP contribution in [0, 0.1) is 5.82 Å². The first-order valence-electron chi connectivity index (χ1n) is 11.2. The maximum Gasteiger partial charge on any atom is 0.255 e. The van der Waals surface area contributed by atoms with Crippen molar-refractivity contribution in [1.29, 1.82) is 0 Å². The van der Waals surface area contributed by atoms with Crippen LogP contribution in [-0.4, -0.2) is 42.5 Å². The minimum Gasteiger partial charge on any atom is -0.391 e. The third-order valence-electron chi connectivity index (χ3n) is 6.36. The van der Waals surface area contributed by atoms with E-state index < -0.39 is 6.10 Å². The van der Waals surface area contributed by atoms with Crippen LogP contribution in [0.25, 0.3) is 22.2 Å². The highest BCUT2D eigenvalue weighted by molar-refractivity contribution is 6.05. The molecule has 8 heteroatoms. The smallest absolute Gasteiger partial charge is 0.255 e. The minimum atomic E-state index is -0.531. The lowest BCUT2D eigenvalue weighted by Gasteiger charge is -2.28. The lowest BCUT2D eigenvalue weighted by molar-refractivity contribution is 0.0718. The Morgan fingerprint density at radius 3 is 2.82 bits per heavy atom. The summed E-state index contributed by atoms with van der Waals surface area (Å²) in [5.74, 6) is -0.589. The number of halogens is 1. The van der Waals surface area contributed by atoms with E-state index in [1.165, 1.54) is 6.07 Å². The Kier molecular flexibility index (Phi) is 5.68. The zero-order valence-corrected chi connectivity index (χ0v) is 18.4. The normalized spacial score (nSPS) is 18.5. The van der Waals surface area contributed by atoms with Crippen LogP contribution in [-0.2, 0) is 13.6 Å². The lowest BCUT2D eigenvalue weighted by atomic mass is 9.92. The molecule has 0 spiro atoms. The molecule has 7 nitrogen and oxygen atoms in total. The van der Waals surface area contributed by atoms with E-state index in [0.717, 1.165) is 35.9 Å². The van der Waals surface area contributed by atoms with Gasteiger partial charge in [0.05, 0.1) is 36.0 Å². The number of rotatable bonds is 5. The predicted octanol–water partition coefficient (Wildman–Crippen LogP) is 3.66. The molecule has 170 valence electrons. The minimum absolute atomic E-state index is 0.258. The van der Waals surface area contributed by atoms with Gasteiger partial charge < -0.3 is 15.0 Å². The van der Waals surface area contributed by atoms with Crippen molar-refractivity contribution in [3.8, 4) is 11.1 Å². The molecule has 1 amide bonds. The van der Waals surface area contributed by atoms with E-state index in [0.29, 0.717) is 23.1 Å². The zero-order valence-electron chi connectivity index (χ0n) is 18.4. The summed E-state index contributed by atoms with van der Waals surface area (Å²) in [7, 11) is 1.82. The SMILES string of the molecule is Cn1cc(-c2ccc(Cn3cc(C(=O)N[C@H]4CCCC[C@H]4O)c4ncccc43)c(F)c2)cn1. The fourth-order valence-corrected chi connectivity index (χ4v) is 4.55. The van der Waals surface area contributed by atoms with Crippen LogP contribution in [0.5, 0.6) is 0 Å². The molecule has 1 aliphatic carbocycles. The first-order valence-corrected chi connectivity index (χ1v) is 11.2. The predicted molar refractivity (Wildman–Crippen MR) is 123 cm³/mol. The molecule has 1 aromatic carbocycles. The highest BCUT2D eigenvalue weighted by atomic mass is 19.1. The molecule has 0 radical (unpaired) electrons. The fraction of sp³-hybridized carbons (Fsp3) is 0.320. The summed E-state index contributed by atoms with van der Waals surface area (Å²) in [6.45, 7) is 0.265. The van der Waals surface area contributed by atoms with Gasteiger partial charge in [0.25, 0.3) is 5.91 Å². The van der Waals surface area contributed by atoms with Gasteiger partial charge in [0.1, 0.15) is 11.3 Å². The van der Waals surface area contributed by atoms with Crippen molar-refractivity contribution in [2.24, 2.45) is 7.05 Å². The molecule has 1 aliphatic rings. The van der Waals surface area contributed by atoms with Gasteiger partial charge in [-0.2, -0.15) is 5.10 Å². The van der Waals surface area contributed by atoms with Gasteiger partial charge in [-0.1, -0.05) is 25.0 Å². The number of aliphatic hydroxyl groups excluding tert-OH is 1. The van der Waals surface area contributed by atoms with Crippen molar-refractivity contribution in [1.82, 2.24) is 24.6 Å². The Bertz CT molecular complexity index is 1310. The van der Waals surface area contributed by atoms with Crippen molar-refractivity contribution in [2.45, 2.75) is 44.4 Å². The van der Waals surface area contributed by atoms with Crippen molar-refractivity contribution >= 4 is 16.9 Å². The van der Waals surface area contributed by atoms with E-state index >= 15 is 0 Å². The molecule has 0 unspecified atom stereocenters. The summed E-state index contributed by atoms with van der Waals surface area (Å²) in [6, 6.07) is 8.55. The Morgan fingerprint density at radius 2 is 2.06 bits per heavy atom. The highest BCUT2D eigenvalue weighted by Crippen LogP contribution is 2.25. The summed E-state index contributed by atoms with van der Waals surface area (Å²) in [5.41, 5.74) is 3.86. The number of pyridine rings is 1. The molecule has 1 saturated carbocycles. The van der Waals surface area contributed by atoms with Gasteiger partial charge >= 0.3 is 0 Å². The summed E-state index contributed by atoms with van der Waals surface area (Å²) in [6.07, 6.45) is 9.78. The van der Waals surface area contributed by atoms with Crippen LogP contribution in [0.2, 0.25) is 0 Å². The van der Waals surface area contributed by atoms with Crippen LogP contribution < -0.4 is 5.32 Å². The van der Waals surface area contributed by atoms with Gasteiger partial charge in [-0.25, -0.2) is 4.39 Å². The summed E-state index contributed by atoms with van der Waals surface area (Å²) in [5, 5.41) is 17.3. The number of carbonyl (C=O) groups excluding carboxylic acids is 1. The van der Waals surface area contributed by atoms with E-state index in [2.05, 4.69) is 15.4 Å². The number of amides is 1. The largest absolute Gasteiger partial charge is 0.391 e. The van der Waals surface area contributed by atoms with Gasteiger partial charge in [0.15, 0.2) is 0 Å². The maximum atomic E-state index is 15.0. The van der Waals surface area contributed by atoms with Crippen molar-refractivity contribution in [2.75, 3.05) is 0 Å². The molecule has 3 heterocycles. The fourth-order valence-electron chi connectivity index (χ4n) is 4.55. The number of benzene rings is 1. The quantitative estimate of drug-likeness (QED) is 0.489. The second-order valence-corrected chi connectivity index (χ2v) is 8.68. The van der Waals surface area contributed by atoms with E-state index in [-0.39, 0.29) is 24.3 Å². The molecule has 33 heavy (non-hydrogen) atoms. The van der Waals surface area contributed by atoms with Gasteiger partial charge in [-0.05, 0) is 36.6 Å². The van der Waals surface area contributed by atoms with Crippen LogP contribution in [0.1, 0.15) is 41.6 Å². The molecule has 0 saturated heterocycles. The third kappa shape index (κ3) is 4.26. The molecule has 2 atom stereocenters. The van der Waals surface area contributed by atoms with Gasteiger partial charge in [0.2, 0.25) is 0 Å². The van der Waals surface area contributed by atoms with E-state index in [9.17, 15) is 14.3 Å². The Balaban J connectivity index is 1.43. The highest BCUT2D eigenvalue weighted by Gasteiger charge is 2.26. The molecule has 3 aromatic heterocycles. The monoisotopic (exact) mass is 447 g/mol. The van der Waals surface area contributed by atoms with E-state index in [4.69, 9.17) is 0 Å². The van der Waals surface area contributed by atoms with E-state index in [1.807, 2.05) is 29.9 Å². The van der Waals surface area contributed by atoms with Crippen molar-refractivity contribution in [3.05, 3.63) is 72.1 Å². The summed E-state index contributed by atoms with van der Waals surface area (Å²) >= 11 is 0. The second kappa shape index (κ2) is 8.78. The Labute approximate surface area is 190 Å². The molecule has 0 aliphatic heterocycles. The van der Waals surface area contributed by atoms with Crippen molar-refractivity contribution < 1.29 is 14.3 Å². The van der Waals surface area contributed by atoms with Crippen LogP contribution in [0.4, 0.5) is 4.39 Å². The second-order valence-electron chi connectivity index (χ2n) is 8.68. The van der Waals surface area contributed by atoms with Crippen LogP contribution in [0.15, 0.2) is 55.1 Å². The lowest BCUT2D eigenvalue weighted by Crippen LogP contribution is -2.45. The summed E-state index contributed by atoms with van der Waals surface area (Å²) in [4.78, 5) is 17.5. The number of hydrogen-bond acceptors (Lipinski definition) is 4. The number of aryl methyl sites for hydroxylation is 1. The van der Waals surface area contributed by atoms with Crippen LogP contribution >= 0.6 is 0 Å². The number of aromatic nitrogens is 4. The molecule has 1 fully saturated rings. The number of nitrogens with zero attached hydrogens (tertiary/aromatic N) is 4. The van der Waals surface area contributed by atoms with Crippen molar-refractivity contribution in [3.63, 3.8) is 0 Å². The molecule has 5 rings (SSSR count). The molecule has 0 bridgehead atoms. The Hall–Kier alpha value is -3.52. The summed E-state index contributed by atoms with van der Waals surface area (Å²) < 4.78 is 18.5.